The Kier molecular flexibility index (Phi) is 3.80. The van der Waals surface area contributed by atoms with Crippen molar-refractivity contribution >= 4 is 28.3 Å². The van der Waals surface area contributed by atoms with Gasteiger partial charge < -0.3 is 4.90 Å². The molecule has 0 spiro atoms. The first-order valence-corrected chi connectivity index (χ1v) is 5.66. The van der Waals surface area contributed by atoms with Crippen LogP contribution in [0.2, 0.25) is 0 Å². The van der Waals surface area contributed by atoms with Crippen LogP contribution in [-0.4, -0.2) is 46.7 Å². The maximum atomic E-state index is 5.26. The topological polar surface area (TPSA) is 6.48 Å². The fourth-order valence-corrected chi connectivity index (χ4v) is 2.84. The molecule has 1 saturated heterocycles. The van der Waals surface area contributed by atoms with Crippen molar-refractivity contribution in [1.82, 2.24) is 9.80 Å². The molecule has 1 aliphatic heterocycles. The summed E-state index contributed by atoms with van der Waals surface area (Å²) in [5, 5.41) is 0. The van der Waals surface area contributed by atoms with E-state index >= 15 is 0 Å². The van der Waals surface area contributed by atoms with Gasteiger partial charge >= 0.3 is 0 Å². The second-order valence-electron chi connectivity index (χ2n) is 3.16. The van der Waals surface area contributed by atoms with E-state index in [9.17, 15) is 0 Å². The largest absolute Gasteiger partial charge is 0.341 e. The normalized spacial score (nSPS) is 20.7. The first-order valence-electron chi connectivity index (χ1n) is 4.26. The molecular weight excluding hydrogens is 188 g/mol. The first kappa shape index (κ1) is 10.3. The van der Waals surface area contributed by atoms with Crippen LogP contribution in [0.3, 0.4) is 0 Å². The third kappa shape index (κ3) is 2.12. The Morgan fingerprint density at radius 3 is 2.67 bits per heavy atom. The smallest absolute Gasteiger partial charge is 0.137 e. The van der Waals surface area contributed by atoms with Crippen LogP contribution in [0.15, 0.2) is 0 Å². The van der Waals surface area contributed by atoms with E-state index in [1.165, 1.54) is 0 Å². The van der Waals surface area contributed by atoms with Gasteiger partial charge in [0.15, 0.2) is 0 Å². The summed E-state index contributed by atoms with van der Waals surface area (Å²) in [5.41, 5.74) is 0. The minimum absolute atomic E-state index is 0.493. The molecule has 0 N–H and O–H groups in total. The molecule has 2 nitrogen and oxygen atoms in total. The molecule has 0 aromatic rings. The molecule has 1 rings (SSSR count). The second kappa shape index (κ2) is 4.44. The molecule has 70 valence electrons. The predicted molar refractivity (Wildman–Crippen MR) is 59.5 cm³/mol. The molecular formula is C8H16N2S2. The molecule has 0 saturated carbocycles. The third-order valence-corrected chi connectivity index (χ3v) is 3.57. The van der Waals surface area contributed by atoms with Crippen LogP contribution in [0.5, 0.6) is 0 Å². The quantitative estimate of drug-likeness (QED) is 0.644. The van der Waals surface area contributed by atoms with E-state index in [1.807, 2.05) is 0 Å². The van der Waals surface area contributed by atoms with Crippen LogP contribution in [0.4, 0.5) is 0 Å². The maximum absolute atomic E-state index is 5.26. The number of thiocarbonyl (C=S) groups is 1. The van der Waals surface area contributed by atoms with Gasteiger partial charge in [-0.05, 0) is 20.5 Å². The Morgan fingerprint density at radius 1 is 1.67 bits per heavy atom. The molecule has 1 heterocycles. The molecule has 1 atom stereocenters. The lowest BCUT2D eigenvalue weighted by atomic mass is 10.3. The van der Waals surface area contributed by atoms with Crippen molar-refractivity contribution in [1.29, 1.82) is 0 Å². The van der Waals surface area contributed by atoms with Crippen LogP contribution in [0.25, 0.3) is 0 Å². The lowest BCUT2D eigenvalue weighted by molar-refractivity contribution is 0.152. The van der Waals surface area contributed by atoms with Crippen molar-refractivity contribution < 1.29 is 0 Å². The minimum atomic E-state index is 0.493. The Morgan fingerprint density at radius 2 is 2.33 bits per heavy atom. The summed E-state index contributed by atoms with van der Waals surface area (Å²) in [5.74, 6) is 1.16. The molecule has 0 bridgehead atoms. The molecule has 1 fully saturated rings. The highest BCUT2D eigenvalue weighted by Gasteiger charge is 2.25. The van der Waals surface area contributed by atoms with E-state index in [4.69, 9.17) is 12.2 Å². The number of hydrogen-bond donors (Lipinski definition) is 0. The van der Waals surface area contributed by atoms with Crippen molar-refractivity contribution in [2.45, 2.75) is 19.5 Å². The number of rotatable bonds is 3. The van der Waals surface area contributed by atoms with E-state index in [0.29, 0.717) is 6.17 Å². The molecule has 4 heteroatoms. The van der Waals surface area contributed by atoms with Crippen LogP contribution >= 0.6 is 24.0 Å². The number of hydrogen-bond acceptors (Lipinski definition) is 3. The highest BCUT2D eigenvalue weighted by Crippen LogP contribution is 2.22. The van der Waals surface area contributed by atoms with Gasteiger partial charge in [0, 0.05) is 12.3 Å². The summed E-state index contributed by atoms with van der Waals surface area (Å²) in [6, 6.07) is 0. The van der Waals surface area contributed by atoms with Gasteiger partial charge in [0.05, 0.1) is 6.17 Å². The minimum Gasteiger partial charge on any atom is -0.341 e. The fraction of sp³-hybridized carbons (Fsp3) is 0.875. The molecule has 1 aliphatic rings. The zero-order valence-electron chi connectivity index (χ0n) is 7.91. The molecule has 0 aliphatic carbocycles. The Hall–Kier alpha value is 0.200. The molecule has 1 unspecified atom stereocenters. The predicted octanol–water partition coefficient (Wildman–Crippen LogP) is 1.62. The number of nitrogens with zero attached hydrogens (tertiary/aromatic N) is 2. The van der Waals surface area contributed by atoms with Crippen LogP contribution in [0.1, 0.15) is 13.3 Å². The van der Waals surface area contributed by atoms with E-state index in [0.717, 1.165) is 23.0 Å². The van der Waals surface area contributed by atoms with Crippen molar-refractivity contribution in [2.24, 2.45) is 0 Å². The SMILES string of the molecule is CCC(N(C)C)N1CCSC1=S. The molecule has 0 radical (unpaired) electrons. The lowest BCUT2D eigenvalue weighted by Gasteiger charge is -2.32. The van der Waals surface area contributed by atoms with Crippen LogP contribution in [-0.2, 0) is 0 Å². The average Bonchev–Trinajstić information content (AvgIpc) is 2.38. The summed E-state index contributed by atoms with van der Waals surface area (Å²) in [6.07, 6.45) is 1.63. The Bertz CT molecular complexity index is 170. The summed E-state index contributed by atoms with van der Waals surface area (Å²) >= 11 is 7.06. The Balaban J connectivity index is 2.58. The fourth-order valence-electron chi connectivity index (χ4n) is 1.54. The highest BCUT2D eigenvalue weighted by atomic mass is 32.2. The average molecular weight is 204 g/mol. The Labute approximate surface area is 84.3 Å². The molecule has 12 heavy (non-hydrogen) atoms. The van der Waals surface area contributed by atoms with Crippen molar-refractivity contribution in [3.63, 3.8) is 0 Å². The summed E-state index contributed by atoms with van der Waals surface area (Å²) in [4.78, 5) is 4.55. The monoisotopic (exact) mass is 204 g/mol. The van der Waals surface area contributed by atoms with Gasteiger partial charge in [-0.15, -0.1) is 0 Å². The third-order valence-electron chi connectivity index (χ3n) is 2.11. The van der Waals surface area contributed by atoms with Crippen LogP contribution in [0, 0.1) is 0 Å². The summed E-state index contributed by atoms with van der Waals surface area (Å²) in [6.45, 7) is 3.32. The molecule has 0 aromatic heterocycles. The van der Waals surface area contributed by atoms with Crippen molar-refractivity contribution in [3.8, 4) is 0 Å². The second-order valence-corrected chi connectivity index (χ2v) is 4.89. The summed E-state index contributed by atoms with van der Waals surface area (Å²) < 4.78 is 1.07. The van der Waals surface area contributed by atoms with E-state index < -0.39 is 0 Å². The molecule has 0 aromatic carbocycles. The van der Waals surface area contributed by atoms with Gasteiger partial charge in [0.2, 0.25) is 0 Å². The van der Waals surface area contributed by atoms with Crippen molar-refractivity contribution in [2.75, 3.05) is 26.4 Å². The zero-order valence-corrected chi connectivity index (χ0v) is 9.54. The van der Waals surface area contributed by atoms with Gasteiger partial charge in [-0.1, -0.05) is 30.9 Å². The van der Waals surface area contributed by atoms with Crippen molar-refractivity contribution in [3.05, 3.63) is 0 Å². The van der Waals surface area contributed by atoms with Crippen LogP contribution < -0.4 is 0 Å². The standard InChI is InChI=1S/C8H16N2S2/c1-4-7(9(2)3)10-5-6-12-8(10)11/h7H,4-6H2,1-3H3. The van der Waals surface area contributed by atoms with E-state index in [-0.39, 0.29) is 0 Å². The van der Waals surface area contributed by atoms with E-state index in [2.05, 4.69) is 30.8 Å². The zero-order chi connectivity index (χ0) is 9.14. The molecule has 0 amide bonds. The van der Waals surface area contributed by atoms with Gasteiger partial charge in [-0.3, -0.25) is 4.90 Å². The van der Waals surface area contributed by atoms with Gasteiger partial charge in [0.25, 0.3) is 0 Å². The summed E-state index contributed by atoms with van der Waals surface area (Å²) in [7, 11) is 4.22. The lowest BCUT2D eigenvalue weighted by Crippen LogP contribution is -2.44. The van der Waals surface area contributed by atoms with Gasteiger partial charge in [-0.2, -0.15) is 0 Å². The van der Waals surface area contributed by atoms with E-state index in [1.54, 1.807) is 11.8 Å². The highest BCUT2D eigenvalue weighted by molar-refractivity contribution is 8.23. The first-order chi connectivity index (χ1) is 5.66. The van der Waals surface area contributed by atoms with Gasteiger partial charge in [0.1, 0.15) is 4.32 Å². The maximum Gasteiger partial charge on any atom is 0.137 e. The van der Waals surface area contributed by atoms with Gasteiger partial charge in [-0.25, -0.2) is 0 Å². The number of thioether (sulfide) groups is 1.